The molecule has 0 radical (unpaired) electrons. The fourth-order valence-electron chi connectivity index (χ4n) is 2.08. The largest absolute Gasteiger partial charge is 0.435 e. The zero-order valence-electron chi connectivity index (χ0n) is 13.3. The molecular weight excluding hydrogens is 302 g/mol. The van der Waals surface area contributed by atoms with Gasteiger partial charge >= 0.3 is 6.61 Å². The Kier molecular flexibility index (Phi) is 7.75. The highest BCUT2D eigenvalue weighted by Crippen LogP contribution is 2.17. The molecule has 0 aliphatic carbocycles. The van der Waals surface area contributed by atoms with Crippen molar-refractivity contribution in [2.45, 2.75) is 33.3 Å². The van der Waals surface area contributed by atoms with E-state index in [1.54, 1.807) is 4.90 Å². The number of carbonyl (C=O) groups excluding carboxylic acids is 1. The third-order valence-electron chi connectivity index (χ3n) is 3.04. The van der Waals surface area contributed by atoms with E-state index in [0.29, 0.717) is 18.7 Å². The molecule has 1 amide bonds. The average Bonchev–Trinajstić information content (AvgIpc) is 2.53. The van der Waals surface area contributed by atoms with E-state index in [9.17, 15) is 18.8 Å². The Bertz CT molecular complexity index is 571. The van der Waals surface area contributed by atoms with E-state index < -0.39 is 6.61 Å². The maximum Gasteiger partial charge on any atom is 0.387 e. The molecule has 23 heavy (non-hydrogen) atoms. The Morgan fingerprint density at radius 2 is 1.83 bits per heavy atom. The van der Waals surface area contributed by atoms with Gasteiger partial charge in [-0.3, -0.25) is 4.79 Å². The first-order valence-electron chi connectivity index (χ1n) is 7.47. The Hall–Kier alpha value is -2.42. The van der Waals surface area contributed by atoms with Gasteiger partial charge in [0.05, 0.1) is 0 Å². The van der Waals surface area contributed by atoms with Crippen molar-refractivity contribution < 1.29 is 18.3 Å². The minimum atomic E-state index is -2.88. The van der Waals surface area contributed by atoms with E-state index in [4.69, 9.17) is 0 Å². The molecule has 0 bridgehead atoms. The molecule has 124 valence electrons. The van der Waals surface area contributed by atoms with Crippen molar-refractivity contribution in [3.05, 3.63) is 35.4 Å². The van der Waals surface area contributed by atoms with E-state index >= 15 is 0 Å². The van der Waals surface area contributed by atoms with Crippen LogP contribution in [0.4, 0.5) is 8.78 Å². The van der Waals surface area contributed by atoms with Gasteiger partial charge in [0.15, 0.2) is 0 Å². The third-order valence-corrected chi connectivity index (χ3v) is 3.04. The van der Waals surface area contributed by atoms with Crippen molar-refractivity contribution in [2.75, 3.05) is 13.1 Å². The molecule has 1 rings (SSSR count). The molecule has 1 aromatic carbocycles. The molecule has 0 spiro atoms. The standard InChI is InChI=1S/C17H20F2N2O2/c1-3-9-21(10-4-2)16(22)14(12-20)11-13-5-7-15(8-6-13)23-17(18)19/h5-8,11,17H,3-4,9-10H2,1-2H3. The second kappa shape index (κ2) is 9.57. The highest BCUT2D eigenvalue weighted by Gasteiger charge is 2.16. The SMILES string of the molecule is CCCN(CCC)C(=O)C(C#N)=Cc1ccc(OC(F)F)cc1. The van der Waals surface area contributed by atoms with E-state index in [-0.39, 0.29) is 17.2 Å². The van der Waals surface area contributed by atoms with Gasteiger partial charge < -0.3 is 9.64 Å². The molecule has 0 unspecified atom stereocenters. The number of amides is 1. The maximum atomic E-state index is 12.4. The summed E-state index contributed by atoms with van der Waals surface area (Å²) in [5, 5.41) is 9.23. The monoisotopic (exact) mass is 322 g/mol. The number of hydrogen-bond acceptors (Lipinski definition) is 3. The molecule has 0 N–H and O–H groups in total. The van der Waals surface area contributed by atoms with Crippen LogP contribution in [0, 0.1) is 11.3 Å². The molecule has 4 nitrogen and oxygen atoms in total. The van der Waals surface area contributed by atoms with Crippen molar-refractivity contribution in [2.24, 2.45) is 0 Å². The molecular formula is C17H20F2N2O2. The lowest BCUT2D eigenvalue weighted by atomic mass is 10.1. The van der Waals surface area contributed by atoms with Crippen LogP contribution in [0.25, 0.3) is 6.08 Å². The molecule has 0 fully saturated rings. The van der Waals surface area contributed by atoms with Crippen LogP contribution < -0.4 is 4.74 Å². The Morgan fingerprint density at radius 1 is 1.26 bits per heavy atom. The predicted octanol–water partition coefficient (Wildman–Crippen LogP) is 3.84. The second-order valence-electron chi connectivity index (χ2n) is 4.91. The number of hydrogen-bond donors (Lipinski definition) is 0. The Balaban J connectivity index is 2.93. The fraction of sp³-hybridized carbons (Fsp3) is 0.412. The van der Waals surface area contributed by atoms with Crippen molar-refractivity contribution in [1.29, 1.82) is 5.26 Å². The lowest BCUT2D eigenvalue weighted by molar-refractivity contribution is -0.126. The van der Waals surface area contributed by atoms with Crippen LogP contribution in [0.2, 0.25) is 0 Å². The summed E-state index contributed by atoms with van der Waals surface area (Å²) in [7, 11) is 0. The number of rotatable bonds is 8. The van der Waals surface area contributed by atoms with Gasteiger partial charge in [-0.05, 0) is 36.6 Å². The normalized spacial score (nSPS) is 11.2. The van der Waals surface area contributed by atoms with Gasteiger partial charge in [0.2, 0.25) is 0 Å². The van der Waals surface area contributed by atoms with Gasteiger partial charge in [-0.1, -0.05) is 26.0 Å². The second-order valence-corrected chi connectivity index (χ2v) is 4.91. The van der Waals surface area contributed by atoms with Crippen LogP contribution >= 0.6 is 0 Å². The zero-order chi connectivity index (χ0) is 17.2. The van der Waals surface area contributed by atoms with Crippen LogP contribution in [0.5, 0.6) is 5.75 Å². The summed E-state index contributed by atoms with van der Waals surface area (Å²) in [6.45, 7) is 2.23. The van der Waals surface area contributed by atoms with Crippen LogP contribution in [-0.2, 0) is 4.79 Å². The van der Waals surface area contributed by atoms with Crippen LogP contribution in [0.3, 0.4) is 0 Å². The van der Waals surface area contributed by atoms with Gasteiger partial charge in [0.25, 0.3) is 5.91 Å². The lowest BCUT2D eigenvalue weighted by Gasteiger charge is -2.20. The summed E-state index contributed by atoms with van der Waals surface area (Å²) in [5.41, 5.74) is 0.596. The zero-order valence-corrected chi connectivity index (χ0v) is 13.3. The van der Waals surface area contributed by atoms with E-state index in [1.165, 1.54) is 30.3 Å². The fourth-order valence-corrected chi connectivity index (χ4v) is 2.08. The summed E-state index contributed by atoms with van der Waals surface area (Å²) in [6.07, 6.45) is 3.07. The minimum Gasteiger partial charge on any atom is -0.435 e. The van der Waals surface area contributed by atoms with Gasteiger partial charge in [-0.25, -0.2) is 0 Å². The molecule has 0 saturated carbocycles. The average molecular weight is 322 g/mol. The number of ether oxygens (including phenoxy) is 1. The Labute approximate surface area is 135 Å². The first-order chi connectivity index (χ1) is 11.0. The van der Waals surface area contributed by atoms with Gasteiger partial charge in [-0.2, -0.15) is 14.0 Å². The first-order valence-corrected chi connectivity index (χ1v) is 7.47. The summed E-state index contributed by atoms with van der Waals surface area (Å²) in [4.78, 5) is 14.0. The Morgan fingerprint density at radius 3 is 2.26 bits per heavy atom. The van der Waals surface area contributed by atoms with E-state index in [2.05, 4.69) is 4.74 Å². The molecule has 0 aliphatic rings. The summed E-state index contributed by atoms with van der Waals surface area (Å²) >= 11 is 0. The molecule has 0 heterocycles. The van der Waals surface area contributed by atoms with Gasteiger partial charge in [-0.15, -0.1) is 0 Å². The molecule has 0 saturated heterocycles. The van der Waals surface area contributed by atoms with Crippen LogP contribution in [-0.4, -0.2) is 30.5 Å². The number of nitrogens with zero attached hydrogens (tertiary/aromatic N) is 2. The number of benzene rings is 1. The van der Waals surface area contributed by atoms with Crippen LogP contribution in [0.1, 0.15) is 32.3 Å². The topological polar surface area (TPSA) is 53.3 Å². The van der Waals surface area contributed by atoms with Gasteiger partial charge in [0.1, 0.15) is 17.4 Å². The maximum absolute atomic E-state index is 12.4. The molecule has 0 atom stereocenters. The minimum absolute atomic E-state index is 0.0226. The van der Waals surface area contributed by atoms with E-state index in [1.807, 2.05) is 19.9 Å². The lowest BCUT2D eigenvalue weighted by Crippen LogP contribution is -2.33. The molecule has 6 heteroatoms. The van der Waals surface area contributed by atoms with Crippen molar-refractivity contribution in [3.63, 3.8) is 0 Å². The number of alkyl halides is 2. The van der Waals surface area contributed by atoms with Crippen molar-refractivity contribution >= 4 is 12.0 Å². The third kappa shape index (κ3) is 6.07. The first kappa shape index (κ1) is 18.6. The number of nitriles is 1. The van der Waals surface area contributed by atoms with E-state index in [0.717, 1.165) is 12.8 Å². The smallest absolute Gasteiger partial charge is 0.387 e. The summed E-state index contributed by atoms with van der Waals surface area (Å²) in [5.74, 6) is -0.287. The number of halogens is 2. The van der Waals surface area contributed by atoms with Crippen molar-refractivity contribution in [3.8, 4) is 11.8 Å². The highest BCUT2D eigenvalue weighted by atomic mass is 19.3. The van der Waals surface area contributed by atoms with Crippen molar-refractivity contribution in [1.82, 2.24) is 4.90 Å². The van der Waals surface area contributed by atoms with Crippen LogP contribution in [0.15, 0.2) is 29.8 Å². The summed E-state index contributed by atoms with van der Waals surface area (Å²) in [6, 6.07) is 7.69. The highest BCUT2D eigenvalue weighted by molar-refractivity contribution is 6.01. The van der Waals surface area contributed by atoms with Gasteiger partial charge in [0, 0.05) is 13.1 Å². The molecule has 1 aromatic rings. The predicted molar refractivity (Wildman–Crippen MR) is 83.8 cm³/mol. The number of carbonyl (C=O) groups is 1. The quantitative estimate of drug-likeness (QED) is 0.540. The summed E-state index contributed by atoms with van der Waals surface area (Å²) < 4.78 is 28.5. The molecule has 0 aliphatic heterocycles. The molecule has 0 aromatic heterocycles.